The molecule has 2 amide bonds. The molecule has 0 bridgehead atoms. The first-order chi connectivity index (χ1) is 11.6. The summed E-state index contributed by atoms with van der Waals surface area (Å²) in [5.41, 5.74) is 0.484. The van der Waals surface area contributed by atoms with Crippen LogP contribution in [0.25, 0.3) is 0 Å². The number of nitrogens with zero attached hydrogens (tertiary/aromatic N) is 2. The maximum Gasteiger partial charge on any atom is 0.242 e. The fraction of sp³-hybridized carbons (Fsp3) is 0.556. The predicted molar refractivity (Wildman–Crippen MR) is 92.4 cm³/mol. The number of nitrogens with one attached hydrogen (secondary N) is 1. The second-order valence-corrected chi connectivity index (χ2v) is 7.47. The first kappa shape index (κ1) is 19.1. The molecule has 0 unspecified atom stereocenters. The molecule has 1 heterocycles. The summed E-state index contributed by atoms with van der Waals surface area (Å²) in [4.78, 5) is 27.3. The van der Waals surface area contributed by atoms with Crippen molar-refractivity contribution < 1.29 is 18.4 Å². The Labute approximate surface area is 147 Å². The minimum Gasteiger partial charge on any atom is -0.360 e. The molecule has 2 rings (SSSR count). The average Bonchev–Trinajstić information content (AvgIpc) is 2.44. The highest BCUT2D eigenvalue weighted by Crippen LogP contribution is 2.30. The Balaban J connectivity index is 2.03. The summed E-state index contributed by atoms with van der Waals surface area (Å²) in [7, 11) is 1.54. The van der Waals surface area contributed by atoms with E-state index >= 15 is 0 Å². The molecule has 1 aliphatic heterocycles. The van der Waals surface area contributed by atoms with E-state index in [0.717, 1.165) is 12.5 Å². The molecule has 0 spiro atoms. The van der Waals surface area contributed by atoms with E-state index in [2.05, 4.69) is 5.32 Å². The highest BCUT2D eigenvalue weighted by molar-refractivity contribution is 5.87. The van der Waals surface area contributed by atoms with Crippen LogP contribution in [-0.4, -0.2) is 48.9 Å². The SMILES string of the molecule is CN(CC(=O)NC(C)(C)C)C(=O)CN1CCCc2cc(F)cc(F)c21. The summed E-state index contributed by atoms with van der Waals surface area (Å²) < 4.78 is 27.5. The zero-order valence-electron chi connectivity index (χ0n) is 15.2. The minimum absolute atomic E-state index is 0.0468. The van der Waals surface area contributed by atoms with Crippen LogP contribution in [0, 0.1) is 11.6 Å². The van der Waals surface area contributed by atoms with Crippen LogP contribution in [0.15, 0.2) is 12.1 Å². The van der Waals surface area contributed by atoms with Gasteiger partial charge in [0.1, 0.15) is 11.6 Å². The van der Waals surface area contributed by atoms with Crippen LogP contribution >= 0.6 is 0 Å². The van der Waals surface area contributed by atoms with E-state index < -0.39 is 11.6 Å². The molecule has 5 nitrogen and oxygen atoms in total. The lowest BCUT2D eigenvalue weighted by Gasteiger charge is -2.32. The number of carbonyl (C=O) groups is 2. The molecule has 25 heavy (non-hydrogen) atoms. The number of anilines is 1. The molecule has 0 radical (unpaired) electrons. The quantitative estimate of drug-likeness (QED) is 0.902. The molecule has 0 fully saturated rings. The molecule has 1 aromatic rings. The molecule has 0 aromatic heterocycles. The molecular formula is C18H25F2N3O2. The van der Waals surface area contributed by atoms with Gasteiger partial charge in [0.15, 0.2) is 0 Å². The van der Waals surface area contributed by atoms with E-state index in [9.17, 15) is 18.4 Å². The Morgan fingerprint density at radius 3 is 2.60 bits per heavy atom. The lowest BCUT2D eigenvalue weighted by Crippen LogP contribution is -2.48. The summed E-state index contributed by atoms with van der Waals surface area (Å²) in [5, 5.41) is 2.79. The number of rotatable bonds is 4. The molecule has 138 valence electrons. The van der Waals surface area contributed by atoms with Gasteiger partial charge < -0.3 is 15.1 Å². The minimum atomic E-state index is -0.657. The topological polar surface area (TPSA) is 52.7 Å². The lowest BCUT2D eigenvalue weighted by molar-refractivity contribution is -0.134. The predicted octanol–water partition coefficient (Wildman–Crippen LogP) is 2.09. The number of aryl methyl sites for hydroxylation is 1. The van der Waals surface area contributed by atoms with E-state index in [1.807, 2.05) is 20.8 Å². The number of carbonyl (C=O) groups excluding carboxylic acids is 2. The maximum absolute atomic E-state index is 14.2. The Bertz CT molecular complexity index is 671. The van der Waals surface area contributed by atoms with Crippen molar-refractivity contribution in [3.05, 3.63) is 29.3 Å². The van der Waals surface area contributed by atoms with Crippen molar-refractivity contribution in [2.45, 2.75) is 39.2 Å². The van der Waals surface area contributed by atoms with E-state index in [1.165, 1.54) is 18.0 Å². The number of benzene rings is 1. The van der Waals surface area contributed by atoms with E-state index in [1.54, 1.807) is 4.90 Å². The first-order valence-electron chi connectivity index (χ1n) is 8.34. The van der Waals surface area contributed by atoms with Gasteiger partial charge >= 0.3 is 0 Å². The van der Waals surface area contributed by atoms with Gasteiger partial charge in [-0.1, -0.05) is 0 Å². The normalized spacial score (nSPS) is 14.1. The van der Waals surface area contributed by atoms with Crippen molar-refractivity contribution >= 4 is 17.5 Å². The van der Waals surface area contributed by atoms with Gasteiger partial charge in [0.25, 0.3) is 0 Å². The fourth-order valence-corrected chi connectivity index (χ4v) is 2.94. The molecule has 1 aromatic carbocycles. The van der Waals surface area contributed by atoms with Crippen LogP contribution in [0.2, 0.25) is 0 Å². The standard InChI is InChI=1S/C18H25F2N3O2/c1-18(2,3)21-15(24)10-22(4)16(25)11-23-7-5-6-12-8-13(19)9-14(20)17(12)23/h8-9H,5-7,10-11H2,1-4H3,(H,21,24). The summed E-state index contributed by atoms with van der Waals surface area (Å²) in [6.07, 6.45) is 1.30. The van der Waals surface area contributed by atoms with Crippen molar-refractivity contribution in [3.63, 3.8) is 0 Å². The second-order valence-electron chi connectivity index (χ2n) is 7.47. The summed E-state index contributed by atoms with van der Waals surface area (Å²) in [6, 6.07) is 2.15. The van der Waals surface area contributed by atoms with Crippen molar-refractivity contribution in [2.75, 3.05) is 31.6 Å². The van der Waals surface area contributed by atoms with Gasteiger partial charge in [-0.2, -0.15) is 0 Å². The van der Waals surface area contributed by atoms with Gasteiger partial charge in [-0.05, 0) is 45.2 Å². The van der Waals surface area contributed by atoms with Crippen molar-refractivity contribution in [2.24, 2.45) is 0 Å². The number of hydrogen-bond acceptors (Lipinski definition) is 3. The highest BCUT2D eigenvalue weighted by Gasteiger charge is 2.25. The molecule has 0 saturated carbocycles. The van der Waals surface area contributed by atoms with Crippen LogP contribution in [0.1, 0.15) is 32.8 Å². The van der Waals surface area contributed by atoms with Crippen molar-refractivity contribution in [1.82, 2.24) is 10.2 Å². The first-order valence-corrected chi connectivity index (χ1v) is 8.34. The summed E-state index contributed by atoms with van der Waals surface area (Å²) in [5.74, 6) is -1.81. The van der Waals surface area contributed by atoms with E-state index in [0.29, 0.717) is 18.5 Å². The number of fused-ring (bicyclic) bond motifs is 1. The molecule has 0 saturated heterocycles. The second kappa shape index (κ2) is 7.37. The van der Waals surface area contributed by atoms with Crippen molar-refractivity contribution in [3.8, 4) is 0 Å². The molecule has 1 aliphatic rings. The number of likely N-dealkylation sites (N-methyl/N-ethyl adjacent to an activating group) is 1. The number of amides is 2. The Kier molecular flexibility index (Phi) is 5.65. The van der Waals surface area contributed by atoms with E-state index in [4.69, 9.17) is 0 Å². The zero-order valence-corrected chi connectivity index (χ0v) is 15.2. The monoisotopic (exact) mass is 353 g/mol. The van der Waals surface area contributed by atoms with Crippen LogP contribution < -0.4 is 10.2 Å². The Hall–Kier alpha value is -2.18. The largest absolute Gasteiger partial charge is 0.360 e. The summed E-state index contributed by atoms with van der Waals surface area (Å²) >= 11 is 0. The maximum atomic E-state index is 14.2. The molecule has 0 aliphatic carbocycles. The highest BCUT2D eigenvalue weighted by atomic mass is 19.1. The molecule has 0 atom stereocenters. The third kappa shape index (κ3) is 5.14. The Morgan fingerprint density at radius 2 is 1.96 bits per heavy atom. The van der Waals surface area contributed by atoms with Crippen LogP contribution in [0.3, 0.4) is 0 Å². The van der Waals surface area contributed by atoms with Gasteiger partial charge in [0, 0.05) is 25.2 Å². The lowest BCUT2D eigenvalue weighted by atomic mass is 10.0. The van der Waals surface area contributed by atoms with Crippen molar-refractivity contribution in [1.29, 1.82) is 0 Å². The molecule has 1 N–H and O–H groups in total. The van der Waals surface area contributed by atoms with Gasteiger partial charge in [-0.15, -0.1) is 0 Å². The molecular weight excluding hydrogens is 328 g/mol. The molecule has 7 heteroatoms. The zero-order chi connectivity index (χ0) is 18.8. The Morgan fingerprint density at radius 1 is 1.28 bits per heavy atom. The van der Waals surface area contributed by atoms with Gasteiger partial charge in [0.2, 0.25) is 11.8 Å². The van der Waals surface area contributed by atoms with E-state index in [-0.39, 0.29) is 36.1 Å². The fourth-order valence-electron chi connectivity index (χ4n) is 2.94. The van der Waals surface area contributed by atoms with Gasteiger partial charge in [-0.25, -0.2) is 8.78 Å². The van der Waals surface area contributed by atoms with Crippen LogP contribution in [-0.2, 0) is 16.0 Å². The van der Waals surface area contributed by atoms with Crippen LogP contribution in [0.4, 0.5) is 14.5 Å². The average molecular weight is 353 g/mol. The third-order valence-corrected chi connectivity index (χ3v) is 3.94. The van der Waals surface area contributed by atoms with Crippen LogP contribution in [0.5, 0.6) is 0 Å². The third-order valence-electron chi connectivity index (χ3n) is 3.94. The smallest absolute Gasteiger partial charge is 0.242 e. The van der Waals surface area contributed by atoms with Gasteiger partial charge in [-0.3, -0.25) is 9.59 Å². The summed E-state index contributed by atoms with van der Waals surface area (Å²) in [6.45, 7) is 5.98. The number of hydrogen-bond donors (Lipinski definition) is 1. The van der Waals surface area contributed by atoms with Gasteiger partial charge in [0.05, 0.1) is 18.8 Å². The number of halogens is 2.